The Labute approximate surface area is 611 Å². The van der Waals surface area contributed by atoms with Gasteiger partial charge in [0, 0.05) is 106 Å². The van der Waals surface area contributed by atoms with E-state index in [0.29, 0.717) is 0 Å². The van der Waals surface area contributed by atoms with Gasteiger partial charge < -0.3 is 4.98 Å². The van der Waals surface area contributed by atoms with Gasteiger partial charge in [-0.1, -0.05) is 280 Å². The molecular formula is C95H77IrN6-. The molecule has 0 saturated heterocycles. The zero-order valence-corrected chi connectivity index (χ0v) is 60.2. The van der Waals surface area contributed by atoms with Crippen LogP contribution < -0.4 is 0 Å². The van der Waals surface area contributed by atoms with Gasteiger partial charge in [-0.3, -0.25) is 24.9 Å². The normalized spacial score (nSPS) is 14.0. The van der Waals surface area contributed by atoms with Crippen LogP contribution in [0.2, 0.25) is 0 Å². The Hall–Kier alpha value is -11.2. The number of fused-ring (bicyclic) bond motifs is 16. The molecule has 0 aliphatic heterocycles. The van der Waals surface area contributed by atoms with E-state index in [0.717, 1.165) is 50.5 Å². The van der Waals surface area contributed by atoms with Crippen molar-refractivity contribution in [2.24, 2.45) is 0 Å². The molecule has 10 aromatic carbocycles. The van der Waals surface area contributed by atoms with E-state index in [1.54, 1.807) is 0 Å². The molecule has 4 aliphatic carbocycles. The topological polar surface area (TPSA) is 77.3 Å². The summed E-state index contributed by atoms with van der Waals surface area (Å²) in [6.07, 6.45) is 11.6. The molecule has 16 aromatic rings. The molecule has 1 radical (unpaired) electrons. The number of nitrogens with zero attached hydrogens (tertiary/aromatic N) is 6. The molecular weight excluding hydrogens is 1420 g/mol. The molecule has 0 N–H and O–H groups in total. The summed E-state index contributed by atoms with van der Waals surface area (Å²) in [5.74, 6) is 0. The summed E-state index contributed by atoms with van der Waals surface area (Å²) in [6, 6.07) is 95.7. The molecule has 0 saturated carbocycles. The molecule has 0 spiro atoms. The second kappa shape index (κ2) is 26.1. The summed E-state index contributed by atoms with van der Waals surface area (Å²) in [4.78, 5) is 28.2. The van der Waals surface area contributed by atoms with Gasteiger partial charge in [0.25, 0.3) is 0 Å². The van der Waals surface area contributed by atoms with Crippen LogP contribution in [0.4, 0.5) is 0 Å². The second-order valence-electron chi connectivity index (χ2n) is 28.9. The van der Waals surface area contributed by atoms with Gasteiger partial charge in [-0.2, -0.15) is 0 Å². The van der Waals surface area contributed by atoms with E-state index in [4.69, 9.17) is 15.0 Å². The SMILES string of the molecule is C.CC1(C)c2ccccc2-c2c[c-]c(-c3nccc4ccccc34)cc21.CC1(C)c2ccccc2-c2ccc(-c3nccc4ccccc34)cc21.CC1(C)c2ccccc2-c2cnc(-c3nccc4ccccc34)cc21.CC1(C)c2ccccc2-c2cnc(-c3nccc4ccccc34)cc21.[Ir]. The standard InChI is InChI=1S/C24H19N.C24H18N.2C23H18N2.CH4.Ir/c2*1-24(2)21-10-6-5-9-19(21)20-12-11-17(15-22(20)24)23-18-8-4-3-7-16(18)13-14-25-23;2*1-23(2)19-10-6-5-9-17(19)18-14-25-21(13-20(18)23)22-16-8-4-3-7-15(16)11-12-24-22;;/h3-15H,1-2H3;3-10,12-15H,1-2H3;2*3-14H,1-2H3;1H4;/q;-1;;;;. The Morgan fingerprint density at radius 3 is 0.980 bits per heavy atom. The first-order chi connectivity index (χ1) is 48.6. The average molecular weight is 1490 g/mol. The number of benzene rings is 10. The molecule has 0 bridgehead atoms. The van der Waals surface area contributed by atoms with Gasteiger partial charge in [0.15, 0.2) is 0 Å². The number of hydrogen-bond acceptors (Lipinski definition) is 6. The third kappa shape index (κ3) is 11.1. The van der Waals surface area contributed by atoms with E-state index in [1.165, 1.54) is 127 Å². The molecule has 497 valence electrons. The fraction of sp³-hybridized carbons (Fsp3) is 0.137. The predicted molar refractivity (Wildman–Crippen MR) is 420 cm³/mol. The van der Waals surface area contributed by atoms with Gasteiger partial charge >= 0.3 is 0 Å². The Morgan fingerprint density at radius 2 is 0.559 bits per heavy atom. The van der Waals surface area contributed by atoms with E-state index < -0.39 is 0 Å². The molecule has 0 fully saturated rings. The molecule has 0 unspecified atom stereocenters. The van der Waals surface area contributed by atoms with Gasteiger partial charge in [-0.05, 0) is 142 Å². The molecule has 20 rings (SSSR count). The minimum atomic E-state index is -0.0196. The third-order valence-electron chi connectivity index (χ3n) is 21.7. The van der Waals surface area contributed by atoms with Crippen molar-refractivity contribution in [3.8, 4) is 89.8 Å². The fourth-order valence-corrected chi connectivity index (χ4v) is 16.4. The van der Waals surface area contributed by atoms with Gasteiger partial charge in [0.2, 0.25) is 0 Å². The quantitative estimate of drug-likeness (QED) is 0.163. The van der Waals surface area contributed by atoms with Crippen LogP contribution >= 0.6 is 0 Å². The first-order valence-corrected chi connectivity index (χ1v) is 34.6. The Kier molecular flexibility index (Phi) is 17.0. The molecule has 6 aromatic heterocycles. The summed E-state index contributed by atoms with van der Waals surface area (Å²) < 4.78 is 0. The number of aromatic nitrogens is 6. The van der Waals surface area contributed by atoms with Crippen molar-refractivity contribution in [3.63, 3.8) is 0 Å². The summed E-state index contributed by atoms with van der Waals surface area (Å²) in [5.41, 5.74) is 29.5. The molecule has 0 amide bonds. The largest absolute Gasteiger partial charge is 0.304 e. The average Bonchev–Trinajstić information content (AvgIpc) is 1.59. The van der Waals surface area contributed by atoms with Crippen LogP contribution in [0.5, 0.6) is 0 Å². The van der Waals surface area contributed by atoms with Crippen LogP contribution in [0.1, 0.15) is 107 Å². The van der Waals surface area contributed by atoms with E-state index >= 15 is 0 Å². The summed E-state index contributed by atoms with van der Waals surface area (Å²) in [6.45, 7) is 18.4. The molecule has 102 heavy (non-hydrogen) atoms. The maximum atomic E-state index is 4.77. The third-order valence-corrected chi connectivity index (χ3v) is 21.7. The predicted octanol–water partition coefficient (Wildman–Crippen LogP) is 24.1. The summed E-state index contributed by atoms with van der Waals surface area (Å²) in [7, 11) is 0. The molecule has 6 nitrogen and oxygen atoms in total. The molecule has 0 atom stereocenters. The summed E-state index contributed by atoms with van der Waals surface area (Å²) >= 11 is 0. The number of rotatable bonds is 4. The molecule has 7 heteroatoms. The van der Waals surface area contributed by atoms with Gasteiger partial charge in [-0.25, -0.2) is 0 Å². The van der Waals surface area contributed by atoms with Crippen molar-refractivity contribution >= 4 is 43.1 Å². The first-order valence-electron chi connectivity index (χ1n) is 34.6. The Bertz CT molecular complexity index is 5210. The van der Waals surface area contributed by atoms with Crippen LogP contribution in [0, 0.1) is 6.07 Å². The second-order valence-corrected chi connectivity index (χ2v) is 28.9. The fourth-order valence-electron chi connectivity index (χ4n) is 16.4. The van der Waals surface area contributed by atoms with Gasteiger partial charge in [0.05, 0.1) is 28.5 Å². The van der Waals surface area contributed by atoms with Crippen LogP contribution in [-0.2, 0) is 41.8 Å². The van der Waals surface area contributed by atoms with E-state index in [9.17, 15) is 0 Å². The van der Waals surface area contributed by atoms with Crippen molar-refractivity contribution < 1.29 is 20.1 Å². The maximum Gasteiger partial charge on any atom is 0.0964 e. The van der Waals surface area contributed by atoms with Crippen LogP contribution in [0.3, 0.4) is 0 Å². The Morgan fingerprint density at radius 1 is 0.255 bits per heavy atom. The monoisotopic (exact) mass is 1490 g/mol. The molecule has 4 aliphatic rings. The van der Waals surface area contributed by atoms with E-state index in [2.05, 4.69) is 325 Å². The molecule has 6 heterocycles. The minimum Gasteiger partial charge on any atom is -0.304 e. The zero-order valence-electron chi connectivity index (χ0n) is 57.8. The van der Waals surface area contributed by atoms with Crippen molar-refractivity contribution in [3.05, 3.63) is 349 Å². The van der Waals surface area contributed by atoms with Crippen molar-refractivity contribution in [1.29, 1.82) is 0 Å². The zero-order chi connectivity index (χ0) is 68.1. The summed E-state index contributed by atoms with van der Waals surface area (Å²) in [5, 5.41) is 9.50. The van der Waals surface area contributed by atoms with E-state index in [-0.39, 0.29) is 49.2 Å². The van der Waals surface area contributed by atoms with Crippen LogP contribution in [0.15, 0.2) is 298 Å². The van der Waals surface area contributed by atoms with Crippen LogP contribution in [0.25, 0.3) is 133 Å². The van der Waals surface area contributed by atoms with Crippen LogP contribution in [-0.4, -0.2) is 29.9 Å². The van der Waals surface area contributed by atoms with E-state index in [1.807, 2.05) is 49.3 Å². The Balaban J connectivity index is 0.000000109. The van der Waals surface area contributed by atoms with Gasteiger partial charge in [0.1, 0.15) is 0 Å². The van der Waals surface area contributed by atoms with Crippen molar-refractivity contribution in [2.75, 3.05) is 0 Å². The number of hydrogen-bond donors (Lipinski definition) is 0. The maximum absolute atomic E-state index is 4.77. The number of pyridine rings is 6. The van der Waals surface area contributed by atoms with Crippen molar-refractivity contribution in [1.82, 2.24) is 29.9 Å². The first kappa shape index (κ1) is 66.7. The smallest absolute Gasteiger partial charge is 0.0964 e. The minimum absolute atomic E-state index is 0. The van der Waals surface area contributed by atoms with Gasteiger partial charge in [-0.15, -0.1) is 29.3 Å². The van der Waals surface area contributed by atoms with Crippen molar-refractivity contribution in [2.45, 2.75) is 84.5 Å².